The van der Waals surface area contributed by atoms with E-state index in [2.05, 4.69) is 4.90 Å². The molecule has 1 aliphatic heterocycles. The second kappa shape index (κ2) is 5.13. The van der Waals surface area contributed by atoms with Gasteiger partial charge in [0.05, 0.1) is 0 Å². The van der Waals surface area contributed by atoms with Gasteiger partial charge >= 0.3 is 0 Å². The van der Waals surface area contributed by atoms with Crippen molar-refractivity contribution in [3.8, 4) is 0 Å². The molecule has 0 amide bonds. The Bertz CT molecular complexity index is 168. The number of piperidine rings is 1. The number of nitrogens with two attached hydrogens (primary N) is 1. The first kappa shape index (κ1) is 10.4. The van der Waals surface area contributed by atoms with Crippen LogP contribution in [0.1, 0.15) is 44.9 Å². The summed E-state index contributed by atoms with van der Waals surface area (Å²) in [6, 6.07) is 0.920. The summed E-state index contributed by atoms with van der Waals surface area (Å²) >= 11 is 0. The molecule has 2 N–H and O–H groups in total. The van der Waals surface area contributed by atoms with Crippen molar-refractivity contribution in [2.45, 2.75) is 51.0 Å². The summed E-state index contributed by atoms with van der Waals surface area (Å²) < 4.78 is 0. The monoisotopic (exact) mass is 196 g/mol. The van der Waals surface area contributed by atoms with E-state index in [-0.39, 0.29) is 0 Å². The predicted molar refractivity (Wildman–Crippen MR) is 60.2 cm³/mol. The molecule has 2 heteroatoms. The lowest BCUT2D eigenvalue weighted by Crippen LogP contribution is -2.47. The number of hydrogen-bond acceptors (Lipinski definition) is 2. The number of nitrogens with zero attached hydrogens (tertiary/aromatic N) is 1. The standard InChI is InChI=1S/C12H24N2/c13-8-4-10-14-9-3-6-11-5-1-2-7-12(11)14/h11-12H,1-10,13H2. The van der Waals surface area contributed by atoms with E-state index in [1.54, 1.807) is 0 Å². The highest BCUT2D eigenvalue weighted by molar-refractivity contribution is 4.87. The van der Waals surface area contributed by atoms with Gasteiger partial charge in [0.2, 0.25) is 0 Å². The van der Waals surface area contributed by atoms with E-state index in [9.17, 15) is 0 Å². The normalized spacial score (nSPS) is 34.1. The Labute approximate surface area is 87.8 Å². The van der Waals surface area contributed by atoms with Gasteiger partial charge in [-0.15, -0.1) is 0 Å². The van der Waals surface area contributed by atoms with Crippen molar-refractivity contribution in [1.29, 1.82) is 0 Å². The summed E-state index contributed by atoms with van der Waals surface area (Å²) in [6.45, 7) is 3.44. The molecular formula is C12H24N2. The quantitative estimate of drug-likeness (QED) is 0.748. The van der Waals surface area contributed by atoms with Crippen LogP contribution in [0, 0.1) is 5.92 Å². The van der Waals surface area contributed by atoms with Crippen LogP contribution in [0.15, 0.2) is 0 Å². The largest absolute Gasteiger partial charge is 0.330 e. The molecule has 2 rings (SSSR count). The maximum Gasteiger partial charge on any atom is 0.0123 e. The highest BCUT2D eigenvalue weighted by Crippen LogP contribution is 2.35. The van der Waals surface area contributed by atoms with Gasteiger partial charge in [0, 0.05) is 6.04 Å². The van der Waals surface area contributed by atoms with Crippen molar-refractivity contribution in [2.75, 3.05) is 19.6 Å². The van der Waals surface area contributed by atoms with E-state index < -0.39 is 0 Å². The third kappa shape index (κ3) is 2.29. The van der Waals surface area contributed by atoms with Gasteiger partial charge in [-0.3, -0.25) is 0 Å². The Morgan fingerprint density at radius 3 is 2.71 bits per heavy atom. The fourth-order valence-electron chi connectivity index (χ4n) is 3.30. The smallest absolute Gasteiger partial charge is 0.0123 e. The molecule has 0 aromatic rings. The summed E-state index contributed by atoms with van der Waals surface area (Å²) in [6.07, 6.45) is 9.98. The predicted octanol–water partition coefficient (Wildman–Crippen LogP) is 1.99. The minimum atomic E-state index is 0.855. The highest BCUT2D eigenvalue weighted by Gasteiger charge is 2.32. The van der Waals surface area contributed by atoms with Gasteiger partial charge in [-0.2, -0.15) is 0 Å². The van der Waals surface area contributed by atoms with Crippen LogP contribution in [0.3, 0.4) is 0 Å². The van der Waals surface area contributed by atoms with E-state index in [0.717, 1.165) is 18.5 Å². The van der Waals surface area contributed by atoms with Gasteiger partial charge in [0.15, 0.2) is 0 Å². The third-order valence-corrected chi connectivity index (χ3v) is 4.01. The number of likely N-dealkylation sites (tertiary alicyclic amines) is 1. The second-order valence-electron chi connectivity index (χ2n) is 4.93. The summed E-state index contributed by atoms with van der Waals surface area (Å²) in [5.41, 5.74) is 5.59. The molecule has 0 radical (unpaired) electrons. The molecule has 1 heterocycles. The second-order valence-corrected chi connectivity index (χ2v) is 4.93. The number of rotatable bonds is 3. The Morgan fingerprint density at radius 1 is 1.07 bits per heavy atom. The fraction of sp³-hybridized carbons (Fsp3) is 1.00. The maximum absolute atomic E-state index is 5.59. The van der Waals surface area contributed by atoms with Gasteiger partial charge in [0.1, 0.15) is 0 Å². The lowest BCUT2D eigenvalue weighted by molar-refractivity contribution is 0.0606. The van der Waals surface area contributed by atoms with Crippen molar-refractivity contribution >= 4 is 0 Å². The van der Waals surface area contributed by atoms with Gasteiger partial charge < -0.3 is 10.6 Å². The van der Waals surface area contributed by atoms with Crippen LogP contribution in [-0.2, 0) is 0 Å². The molecule has 0 spiro atoms. The average Bonchev–Trinajstić information content (AvgIpc) is 2.26. The lowest BCUT2D eigenvalue weighted by Gasteiger charge is -2.44. The van der Waals surface area contributed by atoms with E-state index in [1.165, 1.54) is 58.0 Å². The SMILES string of the molecule is NCCCN1CCCC2CCCCC21. The molecule has 82 valence electrons. The van der Waals surface area contributed by atoms with Crippen LogP contribution >= 0.6 is 0 Å². The molecule has 2 unspecified atom stereocenters. The molecule has 0 aromatic heterocycles. The zero-order valence-corrected chi connectivity index (χ0v) is 9.25. The summed E-state index contributed by atoms with van der Waals surface area (Å²) in [5.74, 6) is 1.02. The molecule has 14 heavy (non-hydrogen) atoms. The van der Waals surface area contributed by atoms with Gasteiger partial charge in [-0.25, -0.2) is 0 Å². The first-order valence-electron chi connectivity index (χ1n) is 6.36. The number of hydrogen-bond donors (Lipinski definition) is 1. The Balaban J connectivity index is 1.88. The Kier molecular flexibility index (Phi) is 3.82. The van der Waals surface area contributed by atoms with E-state index in [1.807, 2.05) is 0 Å². The van der Waals surface area contributed by atoms with Crippen molar-refractivity contribution in [3.63, 3.8) is 0 Å². The Morgan fingerprint density at radius 2 is 1.86 bits per heavy atom. The minimum Gasteiger partial charge on any atom is -0.330 e. The molecule has 1 saturated heterocycles. The molecule has 2 nitrogen and oxygen atoms in total. The topological polar surface area (TPSA) is 29.3 Å². The Hall–Kier alpha value is -0.0800. The summed E-state index contributed by atoms with van der Waals surface area (Å²) in [4.78, 5) is 2.72. The van der Waals surface area contributed by atoms with Crippen molar-refractivity contribution in [1.82, 2.24) is 4.90 Å². The first-order chi connectivity index (χ1) is 6.92. The molecule has 1 aliphatic carbocycles. The maximum atomic E-state index is 5.59. The summed E-state index contributed by atoms with van der Waals surface area (Å²) in [5, 5.41) is 0. The lowest BCUT2D eigenvalue weighted by atomic mass is 9.78. The first-order valence-corrected chi connectivity index (χ1v) is 6.36. The third-order valence-electron chi connectivity index (χ3n) is 4.01. The van der Waals surface area contributed by atoms with Crippen LogP contribution in [0.2, 0.25) is 0 Å². The molecule has 0 aromatic carbocycles. The zero-order chi connectivity index (χ0) is 9.80. The van der Waals surface area contributed by atoms with Crippen LogP contribution < -0.4 is 5.73 Å². The van der Waals surface area contributed by atoms with Gasteiger partial charge in [-0.05, 0) is 57.7 Å². The zero-order valence-electron chi connectivity index (χ0n) is 9.25. The number of fused-ring (bicyclic) bond motifs is 1. The average molecular weight is 196 g/mol. The molecule has 1 saturated carbocycles. The van der Waals surface area contributed by atoms with Crippen LogP contribution in [0.25, 0.3) is 0 Å². The van der Waals surface area contributed by atoms with Crippen LogP contribution in [0.4, 0.5) is 0 Å². The van der Waals surface area contributed by atoms with Crippen molar-refractivity contribution < 1.29 is 0 Å². The van der Waals surface area contributed by atoms with Gasteiger partial charge in [0.25, 0.3) is 0 Å². The van der Waals surface area contributed by atoms with Crippen LogP contribution in [0.5, 0.6) is 0 Å². The molecule has 2 fully saturated rings. The van der Waals surface area contributed by atoms with Gasteiger partial charge in [-0.1, -0.05) is 12.8 Å². The summed E-state index contributed by atoms with van der Waals surface area (Å²) in [7, 11) is 0. The van der Waals surface area contributed by atoms with E-state index in [4.69, 9.17) is 5.73 Å². The van der Waals surface area contributed by atoms with Crippen molar-refractivity contribution in [2.24, 2.45) is 11.7 Å². The molecule has 2 aliphatic rings. The van der Waals surface area contributed by atoms with Crippen LogP contribution in [-0.4, -0.2) is 30.6 Å². The fourth-order valence-corrected chi connectivity index (χ4v) is 3.30. The highest BCUT2D eigenvalue weighted by atomic mass is 15.2. The molecule has 0 bridgehead atoms. The van der Waals surface area contributed by atoms with Crippen molar-refractivity contribution in [3.05, 3.63) is 0 Å². The minimum absolute atomic E-state index is 0.855. The molecule has 2 atom stereocenters. The van der Waals surface area contributed by atoms with E-state index in [0.29, 0.717) is 0 Å². The van der Waals surface area contributed by atoms with E-state index >= 15 is 0 Å². The molecular weight excluding hydrogens is 172 g/mol.